The van der Waals surface area contributed by atoms with Crippen molar-refractivity contribution in [2.45, 2.75) is 316 Å². The molecule has 0 aromatic carbocycles. The lowest BCUT2D eigenvalue weighted by Crippen LogP contribution is -2.12. The summed E-state index contributed by atoms with van der Waals surface area (Å²) in [7, 11) is 5.44. The normalized spacial score (nSPS) is 11.2. The fourth-order valence-corrected chi connectivity index (χ4v) is 8.00. The van der Waals surface area contributed by atoms with Crippen LogP contribution < -0.4 is 0 Å². The second kappa shape index (κ2) is 52.2. The lowest BCUT2D eigenvalue weighted by Gasteiger charge is -2.14. The highest BCUT2D eigenvalue weighted by molar-refractivity contribution is 6.58. The largest absolute Gasteiger partial charge is 0.139 e. The summed E-state index contributed by atoms with van der Waals surface area (Å²) in [5, 5.41) is 0. The van der Waals surface area contributed by atoms with Gasteiger partial charge in [0.25, 0.3) is 0 Å². The third-order valence-corrected chi connectivity index (χ3v) is 11.7. The first-order valence-corrected chi connectivity index (χ1v) is 25.0. The van der Waals surface area contributed by atoms with Gasteiger partial charge in [0.1, 0.15) is 6.71 Å². The van der Waals surface area contributed by atoms with Crippen molar-refractivity contribution in [3.8, 4) is 0 Å². The van der Waals surface area contributed by atoms with Crippen LogP contribution in [0.25, 0.3) is 0 Å². The van der Waals surface area contributed by atoms with Crippen molar-refractivity contribution in [3.63, 3.8) is 0 Å². The molecule has 0 aliphatic carbocycles. The van der Waals surface area contributed by atoms with Crippen LogP contribution in [0, 0.1) is 0 Å². The molecule has 0 aromatic heterocycles. The molecule has 304 valence electrons. The fourth-order valence-electron chi connectivity index (χ4n) is 8.00. The van der Waals surface area contributed by atoms with E-state index < -0.39 is 0 Å². The predicted octanol–water partition coefficient (Wildman–Crippen LogP) is 19.1. The number of rotatable bonds is 44. The molecule has 51 heavy (non-hydrogen) atoms. The standard InChI is InChI=1S/C36H75B.C13H27B/c1-4-7-10-13-16-19-22-25-28-31-34-37(35-32-29-26-23-20-17-14-11-8-5-2)36-33-30-27-24-21-18-15-12-9-6-3;1-2-3-4-5-6-7-8-9-10-11-12-13-14/h4-36H2,1-3H3;2-13H2,1H3. The molecule has 0 amide bonds. The van der Waals surface area contributed by atoms with E-state index >= 15 is 0 Å². The van der Waals surface area contributed by atoms with E-state index in [-0.39, 0.29) is 0 Å². The number of hydrogen-bond donors (Lipinski definition) is 0. The molecule has 0 fully saturated rings. The summed E-state index contributed by atoms with van der Waals surface area (Å²) >= 11 is 0. The molecule has 0 bridgehead atoms. The van der Waals surface area contributed by atoms with Gasteiger partial charge in [-0.05, 0) is 0 Å². The molecule has 0 aliphatic rings. The van der Waals surface area contributed by atoms with Crippen molar-refractivity contribution in [2.75, 3.05) is 0 Å². The van der Waals surface area contributed by atoms with Gasteiger partial charge in [-0.25, -0.2) is 0 Å². The van der Waals surface area contributed by atoms with E-state index in [2.05, 4.69) is 27.7 Å². The quantitative estimate of drug-likeness (QED) is 0.0436. The van der Waals surface area contributed by atoms with Crippen LogP contribution in [-0.4, -0.2) is 14.6 Å². The van der Waals surface area contributed by atoms with Crippen LogP contribution in [-0.2, 0) is 0 Å². The van der Waals surface area contributed by atoms with Crippen LogP contribution in [0.4, 0.5) is 0 Å². The minimum atomic E-state index is 0.872. The van der Waals surface area contributed by atoms with Gasteiger partial charge >= 0.3 is 0 Å². The smallest absolute Gasteiger partial charge is 0.0887 e. The minimum Gasteiger partial charge on any atom is -0.0887 e. The number of hydrogen-bond acceptors (Lipinski definition) is 0. The summed E-state index contributed by atoms with van der Waals surface area (Å²) in [6.45, 7) is 10.3. The highest BCUT2D eigenvalue weighted by atomic mass is 14.0. The Morgan fingerprint density at radius 3 is 0.549 bits per heavy atom. The van der Waals surface area contributed by atoms with Gasteiger partial charge in [-0.15, -0.1) is 0 Å². The Labute approximate surface area is 329 Å². The highest BCUT2D eigenvalue weighted by Crippen LogP contribution is 2.21. The van der Waals surface area contributed by atoms with Crippen LogP contribution in [0.3, 0.4) is 0 Å². The van der Waals surface area contributed by atoms with E-state index in [1.54, 1.807) is 0 Å². The maximum atomic E-state index is 5.44. The first-order chi connectivity index (χ1) is 25.3. The van der Waals surface area contributed by atoms with Crippen molar-refractivity contribution >= 4 is 14.6 Å². The summed E-state index contributed by atoms with van der Waals surface area (Å²) in [5.41, 5.74) is 0. The van der Waals surface area contributed by atoms with Crippen LogP contribution in [0.2, 0.25) is 25.3 Å². The molecule has 2 heteroatoms. The Kier molecular flexibility index (Phi) is 54.5. The lowest BCUT2D eigenvalue weighted by molar-refractivity contribution is 0.554. The zero-order valence-corrected chi connectivity index (χ0v) is 37.0. The highest BCUT2D eigenvalue weighted by Gasteiger charge is 2.12. The van der Waals surface area contributed by atoms with Gasteiger partial charge in [0.05, 0.1) is 7.85 Å². The maximum absolute atomic E-state index is 5.44. The van der Waals surface area contributed by atoms with Gasteiger partial charge in [-0.1, -0.05) is 316 Å². The molecule has 0 rings (SSSR count). The molecule has 0 N–H and O–H groups in total. The van der Waals surface area contributed by atoms with Crippen molar-refractivity contribution in [1.29, 1.82) is 0 Å². The first-order valence-electron chi connectivity index (χ1n) is 25.0. The molecular weight excluding hydrogens is 610 g/mol. The van der Waals surface area contributed by atoms with Gasteiger partial charge in [0, 0.05) is 0 Å². The van der Waals surface area contributed by atoms with Gasteiger partial charge in [0.2, 0.25) is 0 Å². The Morgan fingerprint density at radius 1 is 0.216 bits per heavy atom. The average molecular weight is 713 g/mol. The van der Waals surface area contributed by atoms with Crippen molar-refractivity contribution in [2.24, 2.45) is 0 Å². The summed E-state index contributed by atoms with van der Waals surface area (Å²) in [4.78, 5) is 0. The molecule has 0 saturated heterocycles. The van der Waals surface area contributed by atoms with Crippen LogP contribution in [0.5, 0.6) is 0 Å². The Hall–Kier alpha value is 0.130. The molecule has 0 atom stereocenters. The summed E-state index contributed by atoms with van der Waals surface area (Å²) in [6, 6.07) is 0. The van der Waals surface area contributed by atoms with Crippen molar-refractivity contribution in [1.82, 2.24) is 0 Å². The number of unbranched alkanes of at least 4 members (excludes halogenated alkanes) is 37. The van der Waals surface area contributed by atoms with Gasteiger partial charge < -0.3 is 0 Å². The zero-order valence-electron chi connectivity index (χ0n) is 37.0. The van der Waals surface area contributed by atoms with Crippen molar-refractivity contribution < 1.29 is 0 Å². The van der Waals surface area contributed by atoms with Gasteiger partial charge in [0.15, 0.2) is 0 Å². The first kappa shape index (κ1) is 53.2. The van der Waals surface area contributed by atoms with E-state index in [0.717, 1.165) is 13.0 Å². The molecule has 0 spiro atoms. The summed E-state index contributed by atoms with van der Waals surface area (Å²) in [6.07, 6.45) is 65.1. The average Bonchev–Trinajstić information content (AvgIpc) is 3.14. The van der Waals surface area contributed by atoms with Crippen molar-refractivity contribution in [3.05, 3.63) is 0 Å². The van der Waals surface area contributed by atoms with E-state index in [1.165, 1.54) is 282 Å². The van der Waals surface area contributed by atoms with Crippen LogP contribution in [0.15, 0.2) is 0 Å². The molecule has 0 aliphatic heterocycles. The third-order valence-electron chi connectivity index (χ3n) is 11.7. The molecule has 0 saturated carbocycles. The Morgan fingerprint density at radius 2 is 0.373 bits per heavy atom. The molecule has 0 nitrogen and oxygen atoms in total. The Bertz CT molecular complexity index is 479. The minimum absolute atomic E-state index is 0.872. The van der Waals surface area contributed by atoms with Gasteiger partial charge in [-0.2, -0.15) is 0 Å². The van der Waals surface area contributed by atoms with Crippen LogP contribution in [0.1, 0.15) is 291 Å². The fraction of sp³-hybridized carbons (Fsp3) is 1.00. The SMILES string of the molecule is CCCCCCCCCCCCB(CCCCCCCCCCCC)CCCCCCCCCCCC.[B]CCCCCCCCCCCCC. The second-order valence-electron chi connectivity index (χ2n) is 17.1. The topological polar surface area (TPSA) is 0 Å². The molecule has 0 heterocycles. The molecular formula is C49H102B2. The Balaban J connectivity index is 0. The monoisotopic (exact) mass is 713 g/mol. The molecule has 0 aromatic rings. The van der Waals surface area contributed by atoms with Crippen LogP contribution >= 0.6 is 0 Å². The lowest BCUT2D eigenvalue weighted by atomic mass is 9.41. The van der Waals surface area contributed by atoms with E-state index in [0.29, 0.717) is 0 Å². The summed E-state index contributed by atoms with van der Waals surface area (Å²) < 4.78 is 0. The predicted molar refractivity (Wildman–Crippen MR) is 243 cm³/mol. The van der Waals surface area contributed by atoms with E-state index in [9.17, 15) is 0 Å². The zero-order chi connectivity index (χ0) is 37.4. The molecule has 2 radical (unpaired) electrons. The third kappa shape index (κ3) is 52.3. The van der Waals surface area contributed by atoms with E-state index in [1.807, 2.05) is 0 Å². The summed E-state index contributed by atoms with van der Waals surface area (Å²) in [5.74, 6) is 0. The molecule has 0 unspecified atom stereocenters. The van der Waals surface area contributed by atoms with Gasteiger partial charge in [-0.3, -0.25) is 0 Å². The second-order valence-corrected chi connectivity index (χ2v) is 17.1. The maximum Gasteiger partial charge on any atom is 0.139 e. The van der Waals surface area contributed by atoms with E-state index in [4.69, 9.17) is 7.85 Å².